The second-order valence-electron chi connectivity index (χ2n) is 4.35. The molecule has 1 aliphatic carbocycles. The number of halogens is 1. The molecule has 1 fully saturated rings. The zero-order chi connectivity index (χ0) is 12.5. The van der Waals surface area contributed by atoms with E-state index >= 15 is 0 Å². The SMILES string of the molecule is COC(=O)C1(Sc2ccc(F)c(C)c2)CCC1. The Kier molecular flexibility index (Phi) is 3.43. The summed E-state index contributed by atoms with van der Waals surface area (Å²) in [4.78, 5) is 12.7. The molecule has 2 nitrogen and oxygen atoms in total. The lowest BCUT2D eigenvalue weighted by atomic mass is 9.84. The largest absolute Gasteiger partial charge is 0.468 e. The Balaban J connectivity index is 2.18. The van der Waals surface area contributed by atoms with E-state index in [1.165, 1.54) is 24.9 Å². The highest BCUT2D eigenvalue weighted by molar-refractivity contribution is 8.01. The number of esters is 1. The summed E-state index contributed by atoms with van der Waals surface area (Å²) in [6.45, 7) is 1.73. The van der Waals surface area contributed by atoms with Crippen LogP contribution in [0.4, 0.5) is 4.39 Å². The van der Waals surface area contributed by atoms with Gasteiger partial charge in [-0.15, -0.1) is 11.8 Å². The quantitative estimate of drug-likeness (QED) is 0.774. The second-order valence-corrected chi connectivity index (χ2v) is 5.81. The molecule has 1 aromatic carbocycles. The van der Waals surface area contributed by atoms with Gasteiger partial charge in [0.15, 0.2) is 0 Å². The van der Waals surface area contributed by atoms with Gasteiger partial charge >= 0.3 is 5.97 Å². The van der Waals surface area contributed by atoms with Gasteiger partial charge in [-0.3, -0.25) is 4.79 Å². The minimum atomic E-state index is -0.445. The molecule has 1 aliphatic rings. The maximum absolute atomic E-state index is 13.2. The molecule has 0 aromatic heterocycles. The Labute approximate surface area is 105 Å². The van der Waals surface area contributed by atoms with Gasteiger partial charge < -0.3 is 4.74 Å². The summed E-state index contributed by atoms with van der Waals surface area (Å²) in [7, 11) is 1.42. The highest BCUT2D eigenvalue weighted by atomic mass is 32.2. The lowest BCUT2D eigenvalue weighted by Gasteiger charge is -2.38. The predicted molar refractivity (Wildman–Crippen MR) is 65.6 cm³/mol. The number of carbonyl (C=O) groups excluding carboxylic acids is 1. The standard InChI is InChI=1S/C13H15FO2S/c1-9-8-10(4-5-11(9)14)17-13(6-3-7-13)12(15)16-2/h4-5,8H,3,6-7H2,1-2H3. The van der Waals surface area contributed by atoms with Gasteiger partial charge in [-0.25, -0.2) is 4.39 Å². The van der Waals surface area contributed by atoms with Crippen molar-refractivity contribution in [2.45, 2.75) is 35.8 Å². The van der Waals surface area contributed by atoms with Crippen LogP contribution < -0.4 is 0 Å². The monoisotopic (exact) mass is 254 g/mol. The summed E-state index contributed by atoms with van der Waals surface area (Å²) in [6.07, 6.45) is 2.71. The molecule has 1 aromatic rings. The van der Waals surface area contributed by atoms with E-state index in [0.29, 0.717) is 5.56 Å². The summed E-state index contributed by atoms with van der Waals surface area (Å²) in [5, 5.41) is 0. The molecule has 0 N–H and O–H groups in total. The third-order valence-corrected chi connectivity index (χ3v) is 4.62. The van der Waals surface area contributed by atoms with Crippen LogP contribution >= 0.6 is 11.8 Å². The van der Waals surface area contributed by atoms with E-state index in [0.717, 1.165) is 24.2 Å². The van der Waals surface area contributed by atoms with Gasteiger partial charge in [0, 0.05) is 4.90 Å². The molecular weight excluding hydrogens is 239 g/mol. The molecule has 0 saturated heterocycles. The number of benzene rings is 1. The third kappa shape index (κ3) is 2.32. The van der Waals surface area contributed by atoms with Crippen molar-refractivity contribution in [2.75, 3.05) is 7.11 Å². The van der Waals surface area contributed by atoms with E-state index in [-0.39, 0.29) is 11.8 Å². The Morgan fingerprint density at radius 1 is 1.47 bits per heavy atom. The molecule has 0 heterocycles. The number of hydrogen-bond acceptors (Lipinski definition) is 3. The van der Waals surface area contributed by atoms with Gasteiger partial charge in [0.2, 0.25) is 0 Å². The van der Waals surface area contributed by atoms with Crippen molar-refractivity contribution in [3.05, 3.63) is 29.6 Å². The van der Waals surface area contributed by atoms with Crippen LogP contribution in [0.3, 0.4) is 0 Å². The van der Waals surface area contributed by atoms with Crippen molar-refractivity contribution in [3.8, 4) is 0 Å². The van der Waals surface area contributed by atoms with Crippen molar-refractivity contribution in [1.29, 1.82) is 0 Å². The van der Waals surface area contributed by atoms with Gasteiger partial charge in [0.05, 0.1) is 7.11 Å². The molecular formula is C13H15FO2S. The predicted octanol–water partition coefficient (Wildman–Crippen LogP) is 3.32. The van der Waals surface area contributed by atoms with Crippen LogP contribution in [0.25, 0.3) is 0 Å². The summed E-state index contributed by atoms with van der Waals surface area (Å²) in [6, 6.07) is 4.94. The average Bonchev–Trinajstić information content (AvgIpc) is 2.27. The van der Waals surface area contributed by atoms with E-state index in [2.05, 4.69) is 0 Å². The fraction of sp³-hybridized carbons (Fsp3) is 0.462. The van der Waals surface area contributed by atoms with Crippen molar-refractivity contribution in [2.24, 2.45) is 0 Å². The second kappa shape index (κ2) is 4.69. The molecule has 0 spiro atoms. The van der Waals surface area contributed by atoms with Crippen LogP contribution in [0.1, 0.15) is 24.8 Å². The minimum Gasteiger partial charge on any atom is -0.468 e. The Hall–Kier alpha value is -1.03. The maximum Gasteiger partial charge on any atom is 0.322 e. The first-order valence-corrected chi connectivity index (χ1v) is 6.43. The van der Waals surface area contributed by atoms with Crippen molar-refractivity contribution in [1.82, 2.24) is 0 Å². The van der Waals surface area contributed by atoms with Crippen LogP contribution in [0, 0.1) is 12.7 Å². The van der Waals surface area contributed by atoms with E-state index < -0.39 is 4.75 Å². The lowest BCUT2D eigenvalue weighted by molar-refractivity contribution is -0.145. The number of thioether (sulfide) groups is 1. The zero-order valence-electron chi connectivity index (χ0n) is 9.96. The van der Waals surface area contributed by atoms with Crippen LogP contribution in [0.2, 0.25) is 0 Å². The van der Waals surface area contributed by atoms with Crippen LogP contribution in [0.15, 0.2) is 23.1 Å². The molecule has 1 saturated carbocycles. The first-order chi connectivity index (χ1) is 8.07. The van der Waals surface area contributed by atoms with Gasteiger partial charge in [0.1, 0.15) is 10.6 Å². The maximum atomic E-state index is 13.2. The van der Waals surface area contributed by atoms with Gasteiger partial charge in [-0.2, -0.15) is 0 Å². The zero-order valence-corrected chi connectivity index (χ0v) is 10.8. The Morgan fingerprint density at radius 2 is 2.18 bits per heavy atom. The number of rotatable bonds is 3. The molecule has 0 amide bonds. The van der Waals surface area contributed by atoms with Gasteiger partial charge in [0.25, 0.3) is 0 Å². The summed E-state index contributed by atoms with van der Waals surface area (Å²) >= 11 is 1.49. The fourth-order valence-corrected chi connectivity index (χ4v) is 3.42. The van der Waals surface area contributed by atoms with E-state index in [4.69, 9.17) is 4.74 Å². The number of methoxy groups -OCH3 is 1. The van der Waals surface area contributed by atoms with E-state index in [1.807, 2.05) is 0 Å². The van der Waals surface area contributed by atoms with Gasteiger partial charge in [-0.1, -0.05) is 0 Å². The number of carbonyl (C=O) groups is 1. The number of hydrogen-bond donors (Lipinski definition) is 0. The molecule has 0 bridgehead atoms. The molecule has 0 unspecified atom stereocenters. The minimum absolute atomic E-state index is 0.171. The molecule has 2 rings (SSSR count). The highest BCUT2D eigenvalue weighted by Gasteiger charge is 2.46. The number of aryl methyl sites for hydroxylation is 1. The molecule has 4 heteroatoms. The Bertz CT molecular complexity index is 441. The fourth-order valence-electron chi connectivity index (χ4n) is 1.94. The molecule has 0 aliphatic heterocycles. The topological polar surface area (TPSA) is 26.3 Å². The third-order valence-electron chi connectivity index (χ3n) is 3.16. The van der Waals surface area contributed by atoms with Crippen molar-refractivity contribution in [3.63, 3.8) is 0 Å². The highest BCUT2D eigenvalue weighted by Crippen LogP contribution is 2.48. The summed E-state index contributed by atoms with van der Waals surface area (Å²) in [5.41, 5.74) is 0.606. The summed E-state index contributed by atoms with van der Waals surface area (Å²) < 4.78 is 17.6. The molecule has 17 heavy (non-hydrogen) atoms. The molecule has 0 radical (unpaired) electrons. The van der Waals surface area contributed by atoms with E-state index in [9.17, 15) is 9.18 Å². The smallest absolute Gasteiger partial charge is 0.322 e. The summed E-state index contributed by atoms with van der Waals surface area (Å²) in [5.74, 6) is -0.384. The van der Waals surface area contributed by atoms with Crippen LogP contribution in [0.5, 0.6) is 0 Å². The van der Waals surface area contributed by atoms with Gasteiger partial charge in [-0.05, 0) is 49.9 Å². The van der Waals surface area contributed by atoms with Crippen LogP contribution in [-0.4, -0.2) is 17.8 Å². The molecule has 0 atom stereocenters. The number of ether oxygens (including phenoxy) is 1. The first kappa shape index (κ1) is 12.4. The van der Waals surface area contributed by atoms with Crippen molar-refractivity contribution >= 4 is 17.7 Å². The average molecular weight is 254 g/mol. The van der Waals surface area contributed by atoms with Crippen LogP contribution in [-0.2, 0) is 9.53 Å². The van der Waals surface area contributed by atoms with E-state index in [1.54, 1.807) is 19.1 Å². The Morgan fingerprint density at radius 3 is 2.65 bits per heavy atom. The normalized spacial score (nSPS) is 17.4. The molecule has 92 valence electrons. The first-order valence-electron chi connectivity index (χ1n) is 5.61. The lowest BCUT2D eigenvalue weighted by Crippen LogP contribution is -2.42. The van der Waals surface area contributed by atoms with Crippen molar-refractivity contribution < 1.29 is 13.9 Å².